The van der Waals surface area contributed by atoms with Gasteiger partial charge in [-0.15, -0.1) is 0 Å². The largest absolute Gasteiger partial charge is 0.416 e. The van der Waals surface area contributed by atoms with E-state index in [0.29, 0.717) is 41.3 Å². The van der Waals surface area contributed by atoms with Gasteiger partial charge in [0, 0.05) is 5.02 Å². The van der Waals surface area contributed by atoms with Crippen LogP contribution in [0.3, 0.4) is 0 Å². The molecule has 1 aliphatic heterocycles. The van der Waals surface area contributed by atoms with Crippen LogP contribution in [0.15, 0.2) is 66.7 Å². The maximum atomic E-state index is 13.5. The van der Waals surface area contributed by atoms with Crippen molar-refractivity contribution in [2.45, 2.75) is 31.4 Å². The van der Waals surface area contributed by atoms with Crippen LogP contribution in [0.1, 0.15) is 28.7 Å². The van der Waals surface area contributed by atoms with Crippen LogP contribution in [-0.4, -0.2) is 13.2 Å². The summed E-state index contributed by atoms with van der Waals surface area (Å²) in [6.45, 7) is 1.07. The number of hydrogen-bond acceptors (Lipinski definition) is 3. The summed E-state index contributed by atoms with van der Waals surface area (Å²) in [5, 5.41) is 0.457. The molecular weight excluding hydrogens is 439 g/mol. The lowest BCUT2D eigenvalue weighted by Gasteiger charge is -2.29. The van der Waals surface area contributed by atoms with Crippen LogP contribution < -0.4 is 5.73 Å². The van der Waals surface area contributed by atoms with E-state index in [1.165, 1.54) is 0 Å². The minimum atomic E-state index is -4.47. The molecule has 0 saturated carbocycles. The van der Waals surface area contributed by atoms with Gasteiger partial charge in [0.2, 0.25) is 0 Å². The highest BCUT2D eigenvalue weighted by Crippen LogP contribution is 2.40. The monoisotopic (exact) mass is 461 g/mol. The van der Waals surface area contributed by atoms with Gasteiger partial charge in [0.25, 0.3) is 0 Å². The first kappa shape index (κ1) is 22.8. The topological polar surface area (TPSA) is 44.5 Å². The summed E-state index contributed by atoms with van der Waals surface area (Å²) in [6, 6.07) is 18.6. The Kier molecular flexibility index (Phi) is 6.58. The van der Waals surface area contributed by atoms with Crippen molar-refractivity contribution in [2.75, 3.05) is 13.2 Å². The Morgan fingerprint density at radius 2 is 1.81 bits per heavy atom. The summed E-state index contributed by atoms with van der Waals surface area (Å²) in [5.41, 5.74) is 7.96. The minimum absolute atomic E-state index is 0.00926. The highest BCUT2D eigenvalue weighted by molar-refractivity contribution is 6.30. The quantitative estimate of drug-likeness (QED) is 0.448. The van der Waals surface area contributed by atoms with Crippen LogP contribution in [0.2, 0.25) is 5.02 Å². The number of ether oxygens (including phenoxy) is 2. The molecule has 0 spiro atoms. The molecule has 1 heterocycles. The van der Waals surface area contributed by atoms with E-state index < -0.39 is 17.3 Å². The van der Waals surface area contributed by atoms with Crippen LogP contribution in [0, 0.1) is 0 Å². The molecule has 0 aliphatic carbocycles. The standard InChI is InChI=1S/C25H23ClF3NO2/c26-22-6-3-5-18(13-22)20-10-17(11-21(12-20)25(27,28)29)14-31-16-24(8-9-30)23-7-2-1-4-19(23)15-32-24/h1-7,10-13H,8-9,14-16,30H2. The molecule has 0 fully saturated rings. The maximum absolute atomic E-state index is 13.5. The predicted molar refractivity (Wildman–Crippen MR) is 118 cm³/mol. The number of halogens is 4. The fourth-order valence-electron chi connectivity index (χ4n) is 4.12. The van der Waals surface area contributed by atoms with E-state index in [-0.39, 0.29) is 13.2 Å². The molecule has 0 aromatic heterocycles. The average molecular weight is 462 g/mol. The van der Waals surface area contributed by atoms with Gasteiger partial charge in [-0.2, -0.15) is 13.2 Å². The van der Waals surface area contributed by atoms with Crippen LogP contribution >= 0.6 is 11.6 Å². The van der Waals surface area contributed by atoms with E-state index in [4.69, 9.17) is 26.8 Å². The van der Waals surface area contributed by atoms with E-state index in [0.717, 1.165) is 23.3 Å². The zero-order valence-electron chi connectivity index (χ0n) is 17.3. The Bertz CT molecular complexity index is 1100. The summed E-state index contributed by atoms with van der Waals surface area (Å²) in [4.78, 5) is 0. The van der Waals surface area contributed by atoms with Crippen molar-refractivity contribution in [3.63, 3.8) is 0 Å². The van der Waals surface area contributed by atoms with Crippen molar-refractivity contribution < 1.29 is 22.6 Å². The molecule has 0 bridgehead atoms. The third kappa shape index (κ3) is 4.84. The Labute approximate surface area is 189 Å². The molecule has 1 unspecified atom stereocenters. The van der Waals surface area contributed by atoms with Crippen LogP contribution in [0.4, 0.5) is 13.2 Å². The molecule has 7 heteroatoms. The van der Waals surface area contributed by atoms with Crippen molar-refractivity contribution in [1.82, 2.24) is 0 Å². The van der Waals surface area contributed by atoms with E-state index >= 15 is 0 Å². The number of fused-ring (bicyclic) bond motifs is 1. The van der Waals surface area contributed by atoms with E-state index in [1.54, 1.807) is 30.3 Å². The smallest absolute Gasteiger partial charge is 0.373 e. The normalized spacial score (nSPS) is 18.0. The molecule has 32 heavy (non-hydrogen) atoms. The van der Waals surface area contributed by atoms with Gasteiger partial charge < -0.3 is 15.2 Å². The lowest BCUT2D eigenvalue weighted by molar-refractivity contribution is -0.137. The van der Waals surface area contributed by atoms with Crippen molar-refractivity contribution in [2.24, 2.45) is 5.73 Å². The van der Waals surface area contributed by atoms with Gasteiger partial charge in [0.1, 0.15) is 5.60 Å². The summed E-state index contributed by atoms with van der Waals surface area (Å²) in [5.74, 6) is 0. The third-order valence-corrected chi connectivity index (χ3v) is 5.88. The van der Waals surface area contributed by atoms with Gasteiger partial charge >= 0.3 is 6.18 Å². The maximum Gasteiger partial charge on any atom is 0.416 e. The molecule has 0 amide bonds. The first-order valence-corrected chi connectivity index (χ1v) is 10.7. The van der Waals surface area contributed by atoms with Crippen molar-refractivity contribution >= 4 is 11.6 Å². The first-order chi connectivity index (χ1) is 15.3. The molecule has 168 valence electrons. The molecule has 1 atom stereocenters. The molecule has 3 nitrogen and oxygen atoms in total. The SMILES string of the molecule is NCCC1(COCc2cc(-c3cccc(Cl)c3)cc(C(F)(F)F)c2)OCc2ccccc21. The van der Waals surface area contributed by atoms with Crippen LogP contribution in [0.5, 0.6) is 0 Å². The zero-order chi connectivity index (χ0) is 22.8. The molecular formula is C25H23ClF3NO2. The van der Waals surface area contributed by atoms with Gasteiger partial charge in [-0.1, -0.05) is 48.0 Å². The van der Waals surface area contributed by atoms with Gasteiger partial charge in [0.15, 0.2) is 0 Å². The number of alkyl halides is 3. The molecule has 0 saturated heterocycles. The van der Waals surface area contributed by atoms with E-state index in [2.05, 4.69) is 0 Å². The number of nitrogens with two attached hydrogens (primary N) is 1. The summed E-state index contributed by atoms with van der Waals surface area (Å²) >= 11 is 6.04. The molecule has 0 radical (unpaired) electrons. The summed E-state index contributed by atoms with van der Waals surface area (Å²) in [6.07, 6.45) is -3.92. The highest BCUT2D eigenvalue weighted by Gasteiger charge is 2.39. The molecule has 3 aromatic carbocycles. The fraction of sp³-hybridized carbons (Fsp3) is 0.280. The number of benzene rings is 3. The zero-order valence-corrected chi connectivity index (χ0v) is 18.0. The van der Waals surface area contributed by atoms with Gasteiger partial charge in [-0.3, -0.25) is 0 Å². The number of rotatable bonds is 7. The molecule has 4 rings (SSSR count). The minimum Gasteiger partial charge on any atom is -0.373 e. The molecule has 2 N–H and O–H groups in total. The van der Waals surface area contributed by atoms with E-state index in [9.17, 15) is 13.2 Å². The Balaban J connectivity index is 1.58. The second-order valence-electron chi connectivity index (χ2n) is 7.90. The Morgan fingerprint density at radius 3 is 2.56 bits per heavy atom. The fourth-order valence-corrected chi connectivity index (χ4v) is 4.31. The second kappa shape index (κ2) is 9.24. The summed E-state index contributed by atoms with van der Waals surface area (Å²) < 4.78 is 52.6. The van der Waals surface area contributed by atoms with Crippen molar-refractivity contribution in [3.8, 4) is 11.1 Å². The van der Waals surface area contributed by atoms with Crippen LogP contribution in [-0.2, 0) is 34.5 Å². The van der Waals surface area contributed by atoms with Gasteiger partial charge in [0.05, 0.1) is 25.4 Å². The lowest BCUT2D eigenvalue weighted by atomic mass is 9.90. The molecule has 3 aromatic rings. The lowest BCUT2D eigenvalue weighted by Crippen LogP contribution is -2.34. The average Bonchev–Trinajstić information content (AvgIpc) is 3.12. The van der Waals surface area contributed by atoms with Crippen molar-refractivity contribution in [3.05, 3.63) is 94.0 Å². The van der Waals surface area contributed by atoms with Gasteiger partial charge in [-0.25, -0.2) is 0 Å². The number of hydrogen-bond donors (Lipinski definition) is 1. The molecule has 1 aliphatic rings. The Morgan fingerprint density at radius 1 is 1.00 bits per heavy atom. The Hall–Kier alpha value is -2.38. The summed E-state index contributed by atoms with van der Waals surface area (Å²) in [7, 11) is 0. The van der Waals surface area contributed by atoms with Crippen molar-refractivity contribution in [1.29, 1.82) is 0 Å². The second-order valence-corrected chi connectivity index (χ2v) is 8.33. The third-order valence-electron chi connectivity index (χ3n) is 5.64. The van der Waals surface area contributed by atoms with Gasteiger partial charge in [-0.05, 0) is 71.1 Å². The highest BCUT2D eigenvalue weighted by atomic mass is 35.5. The first-order valence-electron chi connectivity index (χ1n) is 10.3. The predicted octanol–water partition coefficient (Wildman–Crippen LogP) is 6.32. The van der Waals surface area contributed by atoms with E-state index in [1.807, 2.05) is 24.3 Å². The van der Waals surface area contributed by atoms with Crippen LogP contribution in [0.25, 0.3) is 11.1 Å².